The molecular formula is C14H17FN2S. The Bertz CT molecular complexity index is 470. The molecule has 1 aromatic carbocycles. The maximum absolute atomic E-state index is 13.7. The van der Waals surface area contributed by atoms with Gasteiger partial charge in [-0.3, -0.25) is 0 Å². The van der Waals surface area contributed by atoms with Crippen LogP contribution in [0.1, 0.15) is 30.6 Å². The third-order valence-corrected chi connectivity index (χ3v) is 3.44. The maximum atomic E-state index is 13.7. The molecule has 2 nitrogen and oxygen atoms in total. The SMILES string of the molecule is CCCNC(Cc1ccccc1F)c1cscn1. The third-order valence-electron chi connectivity index (χ3n) is 2.83. The molecule has 0 aliphatic carbocycles. The van der Waals surface area contributed by atoms with Crippen LogP contribution in [-0.2, 0) is 6.42 Å². The number of thiazole rings is 1. The van der Waals surface area contributed by atoms with Gasteiger partial charge in [0, 0.05) is 5.38 Å². The molecule has 1 N–H and O–H groups in total. The predicted octanol–water partition coefficient (Wildman–Crippen LogP) is 3.57. The maximum Gasteiger partial charge on any atom is 0.126 e. The number of benzene rings is 1. The molecule has 2 aromatic rings. The fourth-order valence-electron chi connectivity index (χ4n) is 1.88. The third kappa shape index (κ3) is 3.37. The first-order chi connectivity index (χ1) is 8.81. The van der Waals surface area contributed by atoms with Crippen LogP contribution in [-0.4, -0.2) is 11.5 Å². The summed E-state index contributed by atoms with van der Waals surface area (Å²) in [6, 6.07) is 7.02. The Balaban J connectivity index is 2.13. The lowest BCUT2D eigenvalue weighted by molar-refractivity contribution is 0.505. The van der Waals surface area contributed by atoms with Gasteiger partial charge in [0.15, 0.2) is 0 Å². The fraction of sp³-hybridized carbons (Fsp3) is 0.357. The van der Waals surface area contributed by atoms with E-state index in [9.17, 15) is 4.39 Å². The van der Waals surface area contributed by atoms with Gasteiger partial charge in [-0.25, -0.2) is 9.37 Å². The lowest BCUT2D eigenvalue weighted by Crippen LogP contribution is -2.24. The summed E-state index contributed by atoms with van der Waals surface area (Å²) in [5, 5.41) is 5.45. The summed E-state index contributed by atoms with van der Waals surface area (Å²) in [5.41, 5.74) is 3.55. The highest BCUT2D eigenvalue weighted by atomic mass is 32.1. The quantitative estimate of drug-likeness (QED) is 0.863. The number of aromatic nitrogens is 1. The van der Waals surface area contributed by atoms with Crippen LogP contribution in [0.4, 0.5) is 4.39 Å². The highest BCUT2D eigenvalue weighted by Crippen LogP contribution is 2.20. The van der Waals surface area contributed by atoms with Crippen molar-refractivity contribution in [2.75, 3.05) is 6.54 Å². The molecule has 96 valence electrons. The van der Waals surface area contributed by atoms with Crippen molar-refractivity contribution in [3.63, 3.8) is 0 Å². The second-order valence-electron chi connectivity index (χ2n) is 4.22. The van der Waals surface area contributed by atoms with Crippen molar-refractivity contribution >= 4 is 11.3 Å². The summed E-state index contributed by atoms with van der Waals surface area (Å²) in [5.74, 6) is -0.143. The zero-order valence-electron chi connectivity index (χ0n) is 10.4. The first kappa shape index (κ1) is 13.2. The zero-order valence-corrected chi connectivity index (χ0v) is 11.2. The van der Waals surface area contributed by atoms with Crippen molar-refractivity contribution < 1.29 is 4.39 Å². The van der Waals surface area contributed by atoms with E-state index in [1.165, 1.54) is 6.07 Å². The van der Waals surface area contributed by atoms with Crippen LogP contribution in [0.15, 0.2) is 35.2 Å². The number of hydrogen-bond acceptors (Lipinski definition) is 3. The Hall–Kier alpha value is -1.26. The van der Waals surface area contributed by atoms with Crippen molar-refractivity contribution in [3.05, 3.63) is 52.2 Å². The number of hydrogen-bond donors (Lipinski definition) is 1. The van der Waals surface area contributed by atoms with E-state index in [4.69, 9.17) is 0 Å². The molecule has 1 atom stereocenters. The van der Waals surface area contributed by atoms with E-state index in [-0.39, 0.29) is 11.9 Å². The second-order valence-corrected chi connectivity index (χ2v) is 4.93. The molecule has 0 radical (unpaired) electrons. The van der Waals surface area contributed by atoms with E-state index in [0.717, 1.165) is 24.2 Å². The van der Waals surface area contributed by atoms with Gasteiger partial charge in [-0.15, -0.1) is 11.3 Å². The molecule has 1 heterocycles. The standard InChI is InChI=1S/C14H17FN2S/c1-2-7-16-13(14-9-18-10-17-14)8-11-5-3-4-6-12(11)15/h3-6,9-10,13,16H,2,7-8H2,1H3. The van der Waals surface area contributed by atoms with Gasteiger partial charge in [-0.1, -0.05) is 25.1 Å². The van der Waals surface area contributed by atoms with E-state index in [2.05, 4.69) is 17.2 Å². The Labute approximate surface area is 111 Å². The van der Waals surface area contributed by atoms with Gasteiger partial charge in [-0.2, -0.15) is 0 Å². The molecule has 0 saturated heterocycles. The van der Waals surface area contributed by atoms with E-state index in [0.29, 0.717) is 6.42 Å². The van der Waals surface area contributed by atoms with E-state index in [1.807, 2.05) is 23.0 Å². The molecule has 0 saturated carbocycles. The summed E-state index contributed by atoms with van der Waals surface area (Å²) in [6.45, 7) is 3.03. The largest absolute Gasteiger partial charge is 0.308 e. The monoisotopic (exact) mass is 264 g/mol. The van der Waals surface area contributed by atoms with Crippen LogP contribution >= 0.6 is 11.3 Å². The number of halogens is 1. The summed E-state index contributed by atoms with van der Waals surface area (Å²) < 4.78 is 13.7. The smallest absolute Gasteiger partial charge is 0.126 e. The molecule has 4 heteroatoms. The van der Waals surface area contributed by atoms with Crippen molar-refractivity contribution in [1.29, 1.82) is 0 Å². The van der Waals surface area contributed by atoms with Crippen LogP contribution < -0.4 is 5.32 Å². The highest BCUT2D eigenvalue weighted by Gasteiger charge is 2.15. The second kappa shape index (κ2) is 6.61. The van der Waals surface area contributed by atoms with Gasteiger partial charge in [0.25, 0.3) is 0 Å². The number of nitrogens with one attached hydrogen (secondary N) is 1. The fourth-order valence-corrected chi connectivity index (χ4v) is 2.49. The van der Waals surface area contributed by atoms with E-state index < -0.39 is 0 Å². The Morgan fingerprint density at radius 3 is 2.89 bits per heavy atom. The van der Waals surface area contributed by atoms with Crippen molar-refractivity contribution in [2.24, 2.45) is 0 Å². The molecule has 0 amide bonds. The molecule has 2 rings (SSSR count). The molecule has 0 fully saturated rings. The minimum absolute atomic E-state index is 0.0908. The normalized spacial score (nSPS) is 12.6. The predicted molar refractivity (Wildman–Crippen MR) is 73.3 cm³/mol. The lowest BCUT2D eigenvalue weighted by atomic mass is 10.0. The van der Waals surface area contributed by atoms with Crippen LogP contribution in [0.5, 0.6) is 0 Å². The van der Waals surface area contributed by atoms with Crippen molar-refractivity contribution in [3.8, 4) is 0 Å². The van der Waals surface area contributed by atoms with Gasteiger partial charge in [0.1, 0.15) is 5.82 Å². The summed E-state index contributed by atoms with van der Waals surface area (Å²) in [6.07, 6.45) is 1.69. The molecular weight excluding hydrogens is 247 g/mol. The van der Waals surface area contributed by atoms with Gasteiger partial charge >= 0.3 is 0 Å². The van der Waals surface area contributed by atoms with Crippen LogP contribution in [0.25, 0.3) is 0 Å². The van der Waals surface area contributed by atoms with Gasteiger partial charge in [-0.05, 0) is 31.0 Å². The molecule has 0 bridgehead atoms. The van der Waals surface area contributed by atoms with Crippen molar-refractivity contribution in [2.45, 2.75) is 25.8 Å². The Kier molecular flexibility index (Phi) is 4.84. The lowest BCUT2D eigenvalue weighted by Gasteiger charge is -2.17. The molecule has 0 spiro atoms. The number of rotatable bonds is 6. The van der Waals surface area contributed by atoms with Gasteiger partial charge in [0.2, 0.25) is 0 Å². The topological polar surface area (TPSA) is 24.9 Å². The summed E-state index contributed by atoms with van der Waals surface area (Å²) in [4.78, 5) is 4.33. The molecule has 1 aromatic heterocycles. The van der Waals surface area contributed by atoms with E-state index >= 15 is 0 Å². The summed E-state index contributed by atoms with van der Waals surface area (Å²) in [7, 11) is 0. The molecule has 0 aliphatic heterocycles. The van der Waals surface area contributed by atoms with Crippen molar-refractivity contribution in [1.82, 2.24) is 10.3 Å². The Morgan fingerprint density at radius 2 is 2.22 bits per heavy atom. The van der Waals surface area contributed by atoms with Crippen LogP contribution in [0.2, 0.25) is 0 Å². The zero-order chi connectivity index (χ0) is 12.8. The molecule has 1 unspecified atom stereocenters. The van der Waals surface area contributed by atoms with Crippen LogP contribution in [0, 0.1) is 5.82 Å². The number of nitrogens with zero attached hydrogens (tertiary/aromatic N) is 1. The van der Waals surface area contributed by atoms with Crippen LogP contribution in [0.3, 0.4) is 0 Å². The minimum atomic E-state index is -0.143. The summed E-state index contributed by atoms with van der Waals surface area (Å²) >= 11 is 1.57. The molecule has 0 aliphatic rings. The first-order valence-electron chi connectivity index (χ1n) is 6.16. The Morgan fingerprint density at radius 1 is 1.39 bits per heavy atom. The highest BCUT2D eigenvalue weighted by molar-refractivity contribution is 7.07. The van der Waals surface area contributed by atoms with Gasteiger partial charge < -0.3 is 5.32 Å². The minimum Gasteiger partial charge on any atom is -0.308 e. The molecule has 18 heavy (non-hydrogen) atoms. The average Bonchev–Trinajstić information content (AvgIpc) is 2.90. The first-order valence-corrected chi connectivity index (χ1v) is 7.10. The van der Waals surface area contributed by atoms with Gasteiger partial charge in [0.05, 0.1) is 17.2 Å². The average molecular weight is 264 g/mol. The van der Waals surface area contributed by atoms with E-state index in [1.54, 1.807) is 17.4 Å².